The molecule has 2 N–H and O–H groups in total. The van der Waals surface area contributed by atoms with E-state index in [0.29, 0.717) is 23.9 Å². The van der Waals surface area contributed by atoms with Gasteiger partial charge in [0.05, 0.1) is 7.11 Å². The molecule has 0 saturated carbocycles. The molecule has 0 aliphatic rings. The Bertz CT molecular complexity index is 584. The third-order valence-electron chi connectivity index (χ3n) is 2.70. The van der Waals surface area contributed by atoms with Crippen molar-refractivity contribution < 1.29 is 9.53 Å². The average Bonchev–Trinajstić information content (AvgIpc) is 2.53. The van der Waals surface area contributed by atoms with Gasteiger partial charge >= 0.3 is 0 Å². The SMILES string of the molecule is CNc1cccc(C(=O)NCc2ccc(OC)nc2)n1. The Labute approximate surface area is 117 Å². The second-order valence-corrected chi connectivity index (χ2v) is 4.05. The maximum absolute atomic E-state index is 12.0. The van der Waals surface area contributed by atoms with Gasteiger partial charge in [0.2, 0.25) is 5.88 Å². The molecule has 20 heavy (non-hydrogen) atoms. The van der Waals surface area contributed by atoms with Crippen molar-refractivity contribution in [3.8, 4) is 5.88 Å². The minimum Gasteiger partial charge on any atom is -0.481 e. The van der Waals surface area contributed by atoms with Crippen LogP contribution in [0.3, 0.4) is 0 Å². The van der Waals surface area contributed by atoms with Crippen LogP contribution in [0.1, 0.15) is 16.1 Å². The number of nitrogens with zero attached hydrogens (tertiary/aromatic N) is 2. The smallest absolute Gasteiger partial charge is 0.270 e. The quantitative estimate of drug-likeness (QED) is 0.861. The molecular formula is C14H16N4O2. The summed E-state index contributed by atoms with van der Waals surface area (Å²) in [6, 6.07) is 8.85. The fourth-order valence-electron chi connectivity index (χ4n) is 1.61. The molecule has 6 heteroatoms. The number of methoxy groups -OCH3 is 1. The molecule has 6 nitrogen and oxygen atoms in total. The number of aromatic nitrogens is 2. The van der Waals surface area contributed by atoms with E-state index in [1.165, 1.54) is 0 Å². The van der Waals surface area contributed by atoms with E-state index in [-0.39, 0.29) is 5.91 Å². The number of rotatable bonds is 5. The third kappa shape index (κ3) is 3.44. The van der Waals surface area contributed by atoms with E-state index in [1.54, 1.807) is 44.6 Å². The molecule has 104 valence electrons. The summed E-state index contributed by atoms with van der Waals surface area (Å²) in [4.78, 5) is 20.2. The molecular weight excluding hydrogens is 256 g/mol. The van der Waals surface area contributed by atoms with Crippen LogP contribution in [-0.2, 0) is 6.54 Å². The molecule has 0 aliphatic carbocycles. The number of carbonyl (C=O) groups is 1. The highest BCUT2D eigenvalue weighted by atomic mass is 16.5. The zero-order valence-corrected chi connectivity index (χ0v) is 11.4. The van der Waals surface area contributed by atoms with Gasteiger partial charge in [-0.1, -0.05) is 12.1 Å². The predicted octanol–water partition coefficient (Wildman–Crippen LogP) is 1.46. The van der Waals surface area contributed by atoms with Crippen molar-refractivity contribution in [1.82, 2.24) is 15.3 Å². The minimum atomic E-state index is -0.224. The lowest BCUT2D eigenvalue weighted by Gasteiger charge is -2.06. The molecule has 0 saturated heterocycles. The fraction of sp³-hybridized carbons (Fsp3) is 0.214. The Morgan fingerprint density at radius 2 is 2.15 bits per heavy atom. The van der Waals surface area contributed by atoms with Crippen LogP contribution in [0.2, 0.25) is 0 Å². The standard InChI is InChI=1S/C14H16N4O2/c1-15-12-5-3-4-11(18-12)14(19)17-9-10-6-7-13(20-2)16-8-10/h3-8H,9H2,1-2H3,(H,15,18)(H,17,19). The van der Waals surface area contributed by atoms with Crippen LogP contribution >= 0.6 is 0 Å². The Morgan fingerprint density at radius 1 is 1.30 bits per heavy atom. The first-order chi connectivity index (χ1) is 9.72. The summed E-state index contributed by atoms with van der Waals surface area (Å²) in [6.07, 6.45) is 1.66. The summed E-state index contributed by atoms with van der Waals surface area (Å²) in [5.41, 5.74) is 1.27. The molecule has 2 aromatic heterocycles. The van der Waals surface area contributed by atoms with Crippen LogP contribution in [0.15, 0.2) is 36.5 Å². The Balaban J connectivity index is 1.97. The lowest BCUT2D eigenvalue weighted by atomic mass is 10.2. The third-order valence-corrected chi connectivity index (χ3v) is 2.70. The van der Waals surface area contributed by atoms with Gasteiger partial charge in [-0.3, -0.25) is 4.79 Å². The highest BCUT2D eigenvalue weighted by Crippen LogP contribution is 2.07. The average molecular weight is 272 g/mol. The second-order valence-electron chi connectivity index (χ2n) is 4.05. The highest BCUT2D eigenvalue weighted by Gasteiger charge is 2.07. The first-order valence-corrected chi connectivity index (χ1v) is 6.15. The lowest BCUT2D eigenvalue weighted by Crippen LogP contribution is -2.24. The summed E-state index contributed by atoms with van der Waals surface area (Å²) < 4.78 is 4.97. The molecule has 0 fully saturated rings. The van der Waals surface area contributed by atoms with Gasteiger partial charge in [-0.25, -0.2) is 9.97 Å². The molecule has 2 aromatic rings. The van der Waals surface area contributed by atoms with Crippen molar-refractivity contribution in [1.29, 1.82) is 0 Å². The van der Waals surface area contributed by atoms with E-state index in [0.717, 1.165) is 5.56 Å². The van der Waals surface area contributed by atoms with Gasteiger partial charge in [0.1, 0.15) is 11.5 Å². The fourth-order valence-corrected chi connectivity index (χ4v) is 1.61. The van der Waals surface area contributed by atoms with Crippen LogP contribution < -0.4 is 15.4 Å². The number of nitrogens with one attached hydrogen (secondary N) is 2. The molecule has 0 unspecified atom stereocenters. The molecule has 0 aromatic carbocycles. The van der Waals surface area contributed by atoms with Crippen LogP contribution in [-0.4, -0.2) is 30.0 Å². The number of ether oxygens (including phenoxy) is 1. The Hall–Kier alpha value is -2.63. The molecule has 0 atom stereocenters. The van der Waals surface area contributed by atoms with Crippen molar-refractivity contribution >= 4 is 11.7 Å². The number of hydrogen-bond acceptors (Lipinski definition) is 5. The summed E-state index contributed by atoms with van der Waals surface area (Å²) in [7, 11) is 3.32. The van der Waals surface area contributed by atoms with Crippen molar-refractivity contribution in [3.63, 3.8) is 0 Å². The summed E-state index contributed by atoms with van der Waals surface area (Å²) in [6.45, 7) is 0.390. The van der Waals surface area contributed by atoms with Crippen LogP contribution in [0.5, 0.6) is 5.88 Å². The molecule has 0 radical (unpaired) electrons. The van der Waals surface area contributed by atoms with E-state index < -0.39 is 0 Å². The highest BCUT2D eigenvalue weighted by molar-refractivity contribution is 5.92. The Morgan fingerprint density at radius 3 is 2.80 bits per heavy atom. The van der Waals surface area contributed by atoms with Crippen LogP contribution in [0.4, 0.5) is 5.82 Å². The monoisotopic (exact) mass is 272 g/mol. The van der Waals surface area contributed by atoms with Gasteiger partial charge in [0.15, 0.2) is 0 Å². The van der Waals surface area contributed by atoms with E-state index in [1.807, 2.05) is 6.07 Å². The van der Waals surface area contributed by atoms with E-state index >= 15 is 0 Å². The normalized spacial score (nSPS) is 9.90. The van der Waals surface area contributed by atoms with Gasteiger partial charge in [-0.05, 0) is 17.7 Å². The summed E-state index contributed by atoms with van der Waals surface area (Å²) in [5, 5.41) is 5.69. The van der Waals surface area contributed by atoms with Crippen molar-refractivity contribution in [2.75, 3.05) is 19.5 Å². The number of amides is 1. The van der Waals surface area contributed by atoms with Crippen LogP contribution in [0.25, 0.3) is 0 Å². The number of anilines is 1. The zero-order valence-electron chi connectivity index (χ0n) is 11.4. The second kappa shape index (κ2) is 6.51. The Kier molecular flexibility index (Phi) is 4.49. The number of pyridine rings is 2. The first kappa shape index (κ1) is 13.8. The van der Waals surface area contributed by atoms with Gasteiger partial charge in [0, 0.05) is 25.9 Å². The van der Waals surface area contributed by atoms with Gasteiger partial charge < -0.3 is 15.4 Å². The van der Waals surface area contributed by atoms with Gasteiger partial charge in [0.25, 0.3) is 5.91 Å². The van der Waals surface area contributed by atoms with Crippen molar-refractivity contribution in [3.05, 3.63) is 47.8 Å². The minimum absolute atomic E-state index is 0.224. The van der Waals surface area contributed by atoms with Crippen molar-refractivity contribution in [2.45, 2.75) is 6.54 Å². The predicted molar refractivity (Wildman–Crippen MR) is 75.7 cm³/mol. The molecule has 0 aliphatic heterocycles. The van der Waals surface area contributed by atoms with Crippen molar-refractivity contribution in [2.24, 2.45) is 0 Å². The number of carbonyl (C=O) groups excluding carboxylic acids is 1. The molecule has 0 bridgehead atoms. The van der Waals surface area contributed by atoms with Gasteiger partial charge in [-0.2, -0.15) is 0 Å². The topological polar surface area (TPSA) is 76.1 Å². The van der Waals surface area contributed by atoms with E-state index in [9.17, 15) is 4.79 Å². The summed E-state index contributed by atoms with van der Waals surface area (Å²) in [5.74, 6) is 0.977. The maximum atomic E-state index is 12.0. The molecule has 1 amide bonds. The van der Waals surface area contributed by atoms with E-state index in [2.05, 4.69) is 20.6 Å². The van der Waals surface area contributed by atoms with Gasteiger partial charge in [-0.15, -0.1) is 0 Å². The maximum Gasteiger partial charge on any atom is 0.270 e. The zero-order chi connectivity index (χ0) is 14.4. The molecule has 2 rings (SSSR count). The van der Waals surface area contributed by atoms with Crippen LogP contribution in [0, 0.1) is 0 Å². The lowest BCUT2D eigenvalue weighted by molar-refractivity contribution is 0.0946. The summed E-state index contributed by atoms with van der Waals surface area (Å²) >= 11 is 0. The molecule has 2 heterocycles. The number of hydrogen-bond donors (Lipinski definition) is 2. The van der Waals surface area contributed by atoms with E-state index in [4.69, 9.17) is 4.74 Å². The first-order valence-electron chi connectivity index (χ1n) is 6.15. The molecule has 0 spiro atoms. The largest absolute Gasteiger partial charge is 0.481 e.